The third kappa shape index (κ3) is 1.25. The predicted octanol–water partition coefficient (Wildman–Crippen LogP) is 1.67. The average molecular weight is 214 g/mol. The molecule has 0 aliphatic rings. The summed E-state index contributed by atoms with van der Waals surface area (Å²) in [4.78, 5) is 7.57. The maximum absolute atomic E-state index is 9.40. The molecular formula is C11H10N4O. The molecule has 0 saturated heterocycles. The summed E-state index contributed by atoms with van der Waals surface area (Å²) in [5, 5.41) is 13.5. The van der Waals surface area contributed by atoms with E-state index in [0.717, 1.165) is 22.6 Å². The van der Waals surface area contributed by atoms with E-state index in [2.05, 4.69) is 15.1 Å². The third-order valence-electron chi connectivity index (χ3n) is 2.50. The lowest BCUT2D eigenvalue weighted by Gasteiger charge is -1.96. The van der Waals surface area contributed by atoms with E-state index in [1.54, 1.807) is 29.1 Å². The number of nitrogens with one attached hydrogen (secondary N) is 1. The van der Waals surface area contributed by atoms with Crippen molar-refractivity contribution in [3.05, 3.63) is 30.5 Å². The van der Waals surface area contributed by atoms with Gasteiger partial charge in [-0.15, -0.1) is 0 Å². The molecular weight excluding hydrogens is 204 g/mol. The van der Waals surface area contributed by atoms with E-state index in [1.807, 2.05) is 13.1 Å². The van der Waals surface area contributed by atoms with Crippen molar-refractivity contribution in [2.45, 2.75) is 0 Å². The normalized spacial score (nSPS) is 11.1. The topological polar surface area (TPSA) is 66.7 Å². The number of benzene rings is 1. The minimum Gasteiger partial charge on any atom is -0.508 e. The molecule has 0 aliphatic heterocycles. The van der Waals surface area contributed by atoms with Gasteiger partial charge < -0.3 is 10.1 Å². The Bertz CT molecular complexity index is 653. The highest BCUT2D eigenvalue weighted by atomic mass is 16.3. The van der Waals surface area contributed by atoms with E-state index in [-0.39, 0.29) is 5.75 Å². The van der Waals surface area contributed by atoms with Gasteiger partial charge in [-0.05, 0) is 12.1 Å². The summed E-state index contributed by atoms with van der Waals surface area (Å²) in [6, 6.07) is 6.99. The van der Waals surface area contributed by atoms with Crippen LogP contribution in [0.25, 0.3) is 22.6 Å². The van der Waals surface area contributed by atoms with Crippen LogP contribution in [0.3, 0.4) is 0 Å². The first-order valence-corrected chi connectivity index (χ1v) is 4.91. The van der Waals surface area contributed by atoms with Gasteiger partial charge in [0.25, 0.3) is 0 Å². The molecule has 5 nitrogen and oxygen atoms in total. The zero-order chi connectivity index (χ0) is 11.1. The molecule has 3 aromatic rings. The van der Waals surface area contributed by atoms with Crippen LogP contribution >= 0.6 is 0 Å². The number of phenols is 1. The Labute approximate surface area is 91.4 Å². The van der Waals surface area contributed by atoms with E-state index in [4.69, 9.17) is 0 Å². The van der Waals surface area contributed by atoms with Crippen LogP contribution in [-0.4, -0.2) is 24.9 Å². The molecule has 0 radical (unpaired) electrons. The van der Waals surface area contributed by atoms with Gasteiger partial charge in [0, 0.05) is 12.6 Å². The molecule has 2 aromatic heterocycles. The van der Waals surface area contributed by atoms with Gasteiger partial charge in [0.2, 0.25) is 0 Å². The molecule has 0 saturated carbocycles. The first kappa shape index (κ1) is 8.96. The standard InChI is InChI=1S/C11H10N4O/c1-15-11-9(6-12-15)13-10(14-11)7-3-2-4-8(16)5-7/h2-6,16H,1H3,(H,13,14). The molecule has 5 heteroatoms. The Hall–Kier alpha value is -2.30. The number of aromatic hydroxyl groups is 1. The van der Waals surface area contributed by atoms with Crippen molar-refractivity contribution in [3.8, 4) is 17.1 Å². The van der Waals surface area contributed by atoms with E-state index in [9.17, 15) is 5.11 Å². The van der Waals surface area contributed by atoms with Gasteiger partial charge in [0.1, 0.15) is 17.1 Å². The monoisotopic (exact) mass is 214 g/mol. The van der Waals surface area contributed by atoms with Gasteiger partial charge in [0.15, 0.2) is 5.65 Å². The molecule has 2 heterocycles. The molecule has 16 heavy (non-hydrogen) atoms. The van der Waals surface area contributed by atoms with Crippen molar-refractivity contribution >= 4 is 11.2 Å². The minimum absolute atomic E-state index is 0.232. The molecule has 0 amide bonds. The zero-order valence-corrected chi connectivity index (χ0v) is 8.68. The second kappa shape index (κ2) is 3.10. The predicted molar refractivity (Wildman–Crippen MR) is 60.0 cm³/mol. The minimum atomic E-state index is 0.232. The fourth-order valence-corrected chi connectivity index (χ4v) is 1.70. The van der Waals surface area contributed by atoms with Crippen molar-refractivity contribution in [1.29, 1.82) is 0 Å². The fraction of sp³-hybridized carbons (Fsp3) is 0.0909. The number of hydrogen-bond donors (Lipinski definition) is 2. The Morgan fingerprint density at radius 3 is 3.00 bits per heavy atom. The number of phenolic OH excluding ortho intramolecular Hbond substituents is 1. The second-order valence-electron chi connectivity index (χ2n) is 3.64. The maximum atomic E-state index is 9.40. The van der Waals surface area contributed by atoms with E-state index >= 15 is 0 Å². The third-order valence-corrected chi connectivity index (χ3v) is 2.50. The summed E-state index contributed by atoms with van der Waals surface area (Å²) in [5.74, 6) is 0.968. The Morgan fingerprint density at radius 2 is 2.25 bits per heavy atom. The summed E-state index contributed by atoms with van der Waals surface area (Å²) in [6.45, 7) is 0. The quantitative estimate of drug-likeness (QED) is 0.647. The summed E-state index contributed by atoms with van der Waals surface area (Å²) >= 11 is 0. The largest absolute Gasteiger partial charge is 0.508 e. The summed E-state index contributed by atoms with van der Waals surface area (Å²) in [6.07, 6.45) is 1.73. The lowest BCUT2D eigenvalue weighted by atomic mass is 10.2. The molecule has 0 fully saturated rings. The van der Waals surface area contributed by atoms with Gasteiger partial charge in [0.05, 0.1) is 6.20 Å². The van der Waals surface area contributed by atoms with E-state index < -0.39 is 0 Å². The second-order valence-corrected chi connectivity index (χ2v) is 3.64. The first-order chi connectivity index (χ1) is 7.74. The highest BCUT2D eigenvalue weighted by Gasteiger charge is 2.08. The molecule has 3 rings (SSSR count). The van der Waals surface area contributed by atoms with Gasteiger partial charge in [-0.25, -0.2) is 9.67 Å². The summed E-state index contributed by atoms with van der Waals surface area (Å²) in [5.41, 5.74) is 2.55. The molecule has 0 unspecified atom stereocenters. The Morgan fingerprint density at radius 1 is 1.38 bits per heavy atom. The smallest absolute Gasteiger partial charge is 0.176 e. The van der Waals surface area contributed by atoms with Crippen molar-refractivity contribution in [2.24, 2.45) is 7.05 Å². The number of imidazole rings is 1. The maximum Gasteiger partial charge on any atom is 0.176 e. The van der Waals surface area contributed by atoms with Crippen molar-refractivity contribution in [3.63, 3.8) is 0 Å². The molecule has 0 bridgehead atoms. The molecule has 1 aromatic carbocycles. The van der Waals surface area contributed by atoms with Crippen LogP contribution in [0.5, 0.6) is 5.75 Å². The summed E-state index contributed by atoms with van der Waals surface area (Å²) in [7, 11) is 1.84. The van der Waals surface area contributed by atoms with Crippen LogP contribution in [-0.2, 0) is 7.05 Å². The van der Waals surface area contributed by atoms with Gasteiger partial charge in [-0.1, -0.05) is 12.1 Å². The van der Waals surface area contributed by atoms with Gasteiger partial charge in [-0.2, -0.15) is 5.10 Å². The molecule has 0 aliphatic carbocycles. The average Bonchev–Trinajstić information content (AvgIpc) is 2.81. The number of fused-ring (bicyclic) bond motifs is 1. The highest BCUT2D eigenvalue weighted by Crippen LogP contribution is 2.22. The van der Waals surface area contributed by atoms with Crippen molar-refractivity contribution in [1.82, 2.24) is 19.7 Å². The van der Waals surface area contributed by atoms with Crippen LogP contribution in [0.1, 0.15) is 0 Å². The Balaban J connectivity index is 2.19. The first-order valence-electron chi connectivity index (χ1n) is 4.91. The van der Waals surface area contributed by atoms with Crippen LogP contribution in [0.4, 0.5) is 0 Å². The van der Waals surface area contributed by atoms with E-state index in [1.165, 1.54) is 0 Å². The highest BCUT2D eigenvalue weighted by molar-refractivity contribution is 5.76. The number of hydrogen-bond acceptors (Lipinski definition) is 3. The van der Waals surface area contributed by atoms with Gasteiger partial charge in [-0.3, -0.25) is 0 Å². The molecule has 80 valence electrons. The Kier molecular flexibility index (Phi) is 1.73. The lowest BCUT2D eigenvalue weighted by molar-refractivity contribution is 0.475. The van der Waals surface area contributed by atoms with Crippen LogP contribution in [0, 0.1) is 0 Å². The molecule has 2 N–H and O–H groups in total. The SMILES string of the molecule is Cn1ncc2[nH]c(-c3cccc(O)c3)nc21. The number of rotatable bonds is 1. The van der Waals surface area contributed by atoms with Crippen LogP contribution in [0.15, 0.2) is 30.5 Å². The molecule has 0 spiro atoms. The van der Waals surface area contributed by atoms with Crippen molar-refractivity contribution < 1.29 is 5.11 Å². The molecule has 0 atom stereocenters. The zero-order valence-electron chi connectivity index (χ0n) is 8.68. The van der Waals surface area contributed by atoms with Crippen LogP contribution < -0.4 is 0 Å². The number of nitrogens with zero attached hydrogens (tertiary/aromatic N) is 3. The summed E-state index contributed by atoms with van der Waals surface area (Å²) < 4.78 is 1.71. The lowest BCUT2D eigenvalue weighted by Crippen LogP contribution is -1.90. The van der Waals surface area contributed by atoms with Crippen molar-refractivity contribution in [2.75, 3.05) is 0 Å². The number of aryl methyl sites for hydroxylation is 1. The van der Waals surface area contributed by atoms with Gasteiger partial charge >= 0.3 is 0 Å². The number of aromatic nitrogens is 4. The number of H-pyrrole nitrogens is 1. The van der Waals surface area contributed by atoms with Crippen LogP contribution in [0.2, 0.25) is 0 Å². The van der Waals surface area contributed by atoms with E-state index in [0.29, 0.717) is 0 Å². The number of aromatic amines is 1. The fourth-order valence-electron chi connectivity index (χ4n) is 1.70.